The lowest BCUT2D eigenvalue weighted by Gasteiger charge is -2.08. The van der Waals surface area contributed by atoms with Gasteiger partial charge < -0.3 is 24.8 Å². The van der Waals surface area contributed by atoms with Crippen LogP contribution in [0.1, 0.15) is 5.56 Å². The van der Waals surface area contributed by atoms with Crippen molar-refractivity contribution in [3.63, 3.8) is 0 Å². The number of hydrogen-bond donors (Lipinski definition) is 2. The Balaban J connectivity index is 0.000000165. The van der Waals surface area contributed by atoms with Crippen LogP contribution in [0.3, 0.4) is 0 Å². The van der Waals surface area contributed by atoms with Crippen LogP contribution in [0, 0.1) is 6.92 Å². The summed E-state index contributed by atoms with van der Waals surface area (Å²) in [7, 11) is 8.58. The number of aryl methyl sites for hydroxylation is 1. The first-order valence-electron chi connectivity index (χ1n) is 12.9. The molecule has 0 fully saturated rings. The fourth-order valence-corrected chi connectivity index (χ4v) is 4.28. The summed E-state index contributed by atoms with van der Waals surface area (Å²) in [6, 6.07) is 15.6. The fraction of sp³-hybridized carbons (Fsp3) is 0.200. The van der Waals surface area contributed by atoms with Crippen LogP contribution >= 0.6 is 0 Å². The Hall–Kier alpha value is -5.32. The molecule has 0 atom stereocenters. The fourth-order valence-electron chi connectivity index (χ4n) is 4.28. The van der Waals surface area contributed by atoms with Crippen molar-refractivity contribution in [1.29, 1.82) is 0 Å². The van der Waals surface area contributed by atoms with Crippen molar-refractivity contribution < 1.29 is 14.2 Å². The van der Waals surface area contributed by atoms with E-state index in [-0.39, 0.29) is 0 Å². The lowest BCUT2D eigenvalue weighted by molar-refractivity contribution is 0.355. The van der Waals surface area contributed by atoms with Gasteiger partial charge in [-0.15, -0.1) is 0 Å². The van der Waals surface area contributed by atoms with Crippen molar-refractivity contribution in [3.05, 3.63) is 78.9 Å². The van der Waals surface area contributed by atoms with Gasteiger partial charge in [0.1, 0.15) is 17.4 Å². The molecular formula is C30H32N8O3. The summed E-state index contributed by atoms with van der Waals surface area (Å²) in [4.78, 5) is 17.9. The molecule has 0 aliphatic carbocycles. The molecular weight excluding hydrogens is 520 g/mol. The van der Waals surface area contributed by atoms with E-state index in [0.29, 0.717) is 23.1 Å². The van der Waals surface area contributed by atoms with Crippen molar-refractivity contribution in [3.8, 4) is 39.8 Å². The first-order valence-corrected chi connectivity index (χ1v) is 12.9. The minimum absolute atomic E-state index is 0.645. The molecule has 6 aromatic rings. The smallest absolute Gasteiger partial charge is 0.236 e. The maximum Gasteiger partial charge on any atom is 0.236 e. The highest BCUT2D eigenvalue weighted by atomic mass is 16.5. The predicted octanol–water partition coefficient (Wildman–Crippen LogP) is 5.21. The standard InChI is InChI=1S/C15H16N4O2.C15H16N4O/c1-16-14-6-7-19-9-11(17-15(19)18-14)10-4-5-12(20-2)13(8-10)21-3;1-10-4-5-11(8-13(10)20-3)12-9-19-7-6-14(16-2)18-15(19)17-12/h4-9H,1-3H3,(H,16,17,18);4-9H,1-3H3,(H,16,17,18). The van der Waals surface area contributed by atoms with Crippen LogP contribution in [0.4, 0.5) is 11.6 Å². The summed E-state index contributed by atoms with van der Waals surface area (Å²) >= 11 is 0. The van der Waals surface area contributed by atoms with Gasteiger partial charge in [-0.25, -0.2) is 9.97 Å². The van der Waals surface area contributed by atoms with Crippen LogP contribution in [-0.4, -0.2) is 64.2 Å². The van der Waals surface area contributed by atoms with Crippen LogP contribution in [0.2, 0.25) is 0 Å². The summed E-state index contributed by atoms with van der Waals surface area (Å²) < 4.78 is 19.7. The number of aromatic nitrogens is 6. The zero-order valence-corrected chi connectivity index (χ0v) is 23.8. The van der Waals surface area contributed by atoms with Gasteiger partial charge in [-0.05, 0) is 48.9 Å². The molecule has 0 saturated heterocycles. The van der Waals surface area contributed by atoms with Crippen LogP contribution < -0.4 is 24.8 Å². The maximum atomic E-state index is 5.36. The lowest BCUT2D eigenvalue weighted by Crippen LogP contribution is -1.94. The Labute approximate surface area is 237 Å². The topological polar surface area (TPSA) is 112 Å². The van der Waals surface area contributed by atoms with Gasteiger partial charge in [0.05, 0.1) is 32.7 Å². The normalized spacial score (nSPS) is 10.7. The van der Waals surface area contributed by atoms with Crippen molar-refractivity contribution in [2.45, 2.75) is 6.92 Å². The average molecular weight is 553 g/mol. The number of methoxy groups -OCH3 is 3. The summed E-state index contributed by atoms with van der Waals surface area (Å²) in [5, 5.41) is 6.01. The molecule has 41 heavy (non-hydrogen) atoms. The third kappa shape index (κ3) is 5.69. The van der Waals surface area contributed by atoms with E-state index in [2.05, 4.69) is 30.6 Å². The maximum absolute atomic E-state index is 5.36. The molecule has 4 heterocycles. The minimum Gasteiger partial charge on any atom is -0.496 e. The molecule has 0 bridgehead atoms. The highest BCUT2D eigenvalue weighted by Gasteiger charge is 2.11. The number of hydrogen-bond acceptors (Lipinski definition) is 9. The Morgan fingerprint density at radius 2 is 1.07 bits per heavy atom. The zero-order valence-electron chi connectivity index (χ0n) is 23.8. The van der Waals surface area contributed by atoms with E-state index in [1.165, 1.54) is 0 Å². The molecule has 0 radical (unpaired) electrons. The summed E-state index contributed by atoms with van der Waals surface area (Å²) in [6.45, 7) is 2.02. The number of nitrogens with zero attached hydrogens (tertiary/aromatic N) is 6. The Kier molecular flexibility index (Phi) is 7.86. The number of benzene rings is 2. The van der Waals surface area contributed by atoms with Crippen LogP contribution in [-0.2, 0) is 0 Å². The lowest BCUT2D eigenvalue weighted by atomic mass is 10.1. The SMILES string of the molecule is CNc1ccn2cc(-c3ccc(C)c(OC)c3)nc2n1.CNc1ccn2cc(-c3ccc(OC)c(OC)c3)nc2n1. The Morgan fingerprint density at radius 1 is 0.585 bits per heavy atom. The van der Waals surface area contributed by atoms with Crippen molar-refractivity contribution in [1.82, 2.24) is 28.7 Å². The van der Waals surface area contributed by atoms with Gasteiger partial charge in [-0.1, -0.05) is 12.1 Å². The van der Waals surface area contributed by atoms with E-state index in [0.717, 1.165) is 45.5 Å². The van der Waals surface area contributed by atoms with Crippen molar-refractivity contribution >= 4 is 23.2 Å². The van der Waals surface area contributed by atoms with E-state index in [9.17, 15) is 0 Å². The van der Waals surface area contributed by atoms with Gasteiger partial charge in [0, 0.05) is 50.0 Å². The second-order valence-electron chi connectivity index (χ2n) is 9.05. The molecule has 11 nitrogen and oxygen atoms in total. The molecule has 2 N–H and O–H groups in total. The number of anilines is 2. The third-order valence-electron chi connectivity index (χ3n) is 6.55. The molecule has 0 aliphatic heterocycles. The van der Waals surface area contributed by atoms with Crippen molar-refractivity contribution in [2.75, 3.05) is 46.1 Å². The molecule has 4 aromatic heterocycles. The highest BCUT2D eigenvalue weighted by Crippen LogP contribution is 2.32. The quantitative estimate of drug-likeness (QED) is 0.276. The summed E-state index contributed by atoms with van der Waals surface area (Å²) in [5.74, 6) is 5.14. The second kappa shape index (κ2) is 11.8. The van der Waals surface area contributed by atoms with Crippen molar-refractivity contribution in [2.24, 2.45) is 0 Å². The van der Waals surface area contributed by atoms with E-state index < -0.39 is 0 Å². The molecule has 6 rings (SSSR count). The predicted molar refractivity (Wildman–Crippen MR) is 160 cm³/mol. The van der Waals surface area contributed by atoms with E-state index in [1.807, 2.05) is 103 Å². The molecule has 0 saturated carbocycles. The zero-order chi connectivity index (χ0) is 28.9. The average Bonchev–Trinajstić information content (AvgIpc) is 3.64. The first kappa shape index (κ1) is 27.3. The van der Waals surface area contributed by atoms with Crippen LogP contribution in [0.25, 0.3) is 34.1 Å². The molecule has 11 heteroatoms. The number of rotatable bonds is 7. The Bertz CT molecular complexity index is 1810. The number of imidazole rings is 2. The van der Waals surface area contributed by atoms with Gasteiger partial charge >= 0.3 is 0 Å². The van der Waals surface area contributed by atoms with Gasteiger partial charge in [-0.2, -0.15) is 9.97 Å². The Morgan fingerprint density at radius 3 is 1.56 bits per heavy atom. The van der Waals surface area contributed by atoms with E-state index in [4.69, 9.17) is 14.2 Å². The minimum atomic E-state index is 0.645. The molecule has 210 valence electrons. The highest BCUT2D eigenvalue weighted by molar-refractivity contribution is 5.66. The molecule has 0 spiro atoms. The molecule has 2 aromatic carbocycles. The number of ether oxygens (including phenoxy) is 3. The van der Waals surface area contributed by atoms with Gasteiger partial charge in [-0.3, -0.25) is 8.80 Å². The van der Waals surface area contributed by atoms with E-state index in [1.54, 1.807) is 21.3 Å². The number of fused-ring (bicyclic) bond motifs is 2. The third-order valence-corrected chi connectivity index (χ3v) is 6.55. The van der Waals surface area contributed by atoms with Gasteiger partial charge in [0.15, 0.2) is 11.5 Å². The van der Waals surface area contributed by atoms with Crippen LogP contribution in [0.5, 0.6) is 17.2 Å². The molecule has 0 unspecified atom stereocenters. The monoisotopic (exact) mass is 552 g/mol. The second-order valence-corrected chi connectivity index (χ2v) is 9.05. The van der Waals surface area contributed by atoms with E-state index >= 15 is 0 Å². The van der Waals surface area contributed by atoms with Gasteiger partial charge in [0.2, 0.25) is 11.6 Å². The number of nitrogens with one attached hydrogen (secondary N) is 2. The first-order chi connectivity index (χ1) is 20.0. The van der Waals surface area contributed by atoms with Crippen LogP contribution in [0.15, 0.2) is 73.3 Å². The summed E-state index contributed by atoms with van der Waals surface area (Å²) in [5.41, 5.74) is 4.78. The van der Waals surface area contributed by atoms with Gasteiger partial charge in [0.25, 0.3) is 0 Å². The largest absolute Gasteiger partial charge is 0.496 e. The molecule has 0 aliphatic rings. The summed E-state index contributed by atoms with van der Waals surface area (Å²) in [6.07, 6.45) is 7.76. The molecule has 0 amide bonds.